The lowest BCUT2D eigenvalue weighted by Gasteiger charge is -2.12. The normalized spacial score (nSPS) is 13.3. The smallest absolute Gasteiger partial charge is 0.300 e. The van der Waals surface area contributed by atoms with Crippen molar-refractivity contribution >= 4 is 38.6 Å². The highest BCUT2D eigenvalue weighted by molar-refractivity contribution is 7.91. The zero-order valence-corrected chi connectivity index (χ0v) is 13.2. The molecule has 114 valence electrons. The Balaban J connectivity index is 2.29. The molecular weight excluding hydrogens is 342 g/mol. The molecule has 0 amide bonds. The van der Waals surface area contributed by atoms with Crippen molar-refractivity contribution < 1.29 is 13.3 Å². The van der Waals surface area contributed by atoms with Crippen molar-refractivity contribution in [3.8, 4) is 0 Å². The van der Waals surface area contributed by atoms with Gasteiger partial charge in [0.1, 0.15) is 16.4 Å². The van der Waals surface area contributed by atoms with Crippen LogP contribution in [0.25, 0.3) is 0 Å². The highest BCUT2D eigenvalue weighted by atomic mass is 35.5. The summed E-state index contributed by atoms with van der Waals surface area (Å²) in [5.41, 5.74) is -0.437. The van der Waals surface area contributed by atoms with Crippen molar-refractivity contribution in [3.05, 3.63) is 32.7 Å². The fraction of sp³-hybridized carbons (Fsp3) is 0.333. The second-order valence-electron chi connectivity index (χ2n) is 4.12. The second-order valence-corrected chi connectivity index (χ2v) is 7.72. The fourth-order valence-electron chi connectivity index (χ4n) is 1.62. The van der Waals surface area contributed by atoms with E-state index in [0.29, 0.717) is 17.2 Å². The maximum atomic E-state index is 12.2. The van der Waals surface area contributed by atoms with E-state index in [1.807, 2.05) is 0 Å². The Morgan fingerprint density at radius 3 is 2.71 bits per heavy atom. The SMILES string of the molecule is CC(NS(=O)(=O)c1cc([N+](=O)[O-])c(Cl)s1)c1nncn1C. The molecule has 0 bridgehead atoms. The Kier molecular flexibility index (Phi) is 4.27. The third kappa shape index (κ3) is 3.20. The Labute approximate surface area is 128 Å². The van der Waals surface area contributed by atoms with Gasteiger partial charge >= 0.3 is 0 Å². The summed E-state index contributed by atoms with van der Waals surface area (Å²) in [5.74, 6) is 0.413. The highest BCUT2D eigenvalue weighted by Crippen LogP contribution is 2.36. The molecule has 0 aromatic carbocycles. The number of sulfonamides is 1. The third-order valence-corrected chi connectivity index (χ3v) is 5.93. The van der Waals surface area contributed by atoms with Crippen molar-refractivity contribution in [2.75, 3.05) is 0 Å². The number of nitrogens with zero attached hydrogens (tertiary/aromatic N) is 4. The Hall–Kier alpha value is -1.56. The van der Waals surface area contributed by atoms with Crippen molar-refractivity contribution in [2.24, 2.45) is 7.05 Å². The molecule has 2 heterocycles. The lowest BCUT2D eigenvalue weighted by Crippen LogP contribution is -2.28. The van der Waals surface area contributed by atoms with Gasteiger partial charge in [0, 0.05) is 13.1 Å². The first-order valence-corrected chi connectivity index (χ1v) is 8.20. The van der Waals surface area contributed by atoms with E-state index in [9.17, 15) is 18.5 Å². The molecule has 0 aliphatic carbocycles. The largest absolute Gasteiger partial charge is 0.319 e. The minimum Gasteiger partial charge on any atom is -0.319 e. The summed E-state index contributed by atoms with van der Waals surface area (Å²) in [6.45, 7) is 1.59. The van der Waals surface area contributed by atoms with Gasteiger partial charge in [-0.2, -0.15) is 4.72 Å². The molecule has 0 aliphatic rings. The zero-order valence-electron chi connectivity index (χ0n) is 10.8. The van der Waals surface area contributed by atoms with Crippen LogP contribution in [0.5, 0.6) is 0 Å². The van der Waals surface area contributed by atoms with E-state index in [0.717, 1.165) is 6.07 Å². The fourth-order valence-corrected chi connectivity index (χ4v) is 4.51. The molecular formula is C9H10ClN5O4S2. The monoisotopic (exact) mass is 351 g/mol. The van der Waals surface area contributed by atoms with Gasteiger partial charge in [0.05, 0.1) is 11.0 Å². The number of thiophene rings is 1. The van der Waals surface area contributed by atoms with Gasteiger partial charge < -0.3 is 4.57 Å². The predicted molar refractivity (Wildman–Crippen MR) is 75.7 cm³/mol. The number of rotatable bonds is 5. The van der Waals surface area contributed by atoms with E-state index in [1.54, 1.807) is 18.5 Å². The van der Waals surface area contributed by atoms with Crippen molar-refractivity contribution in [1.29, 1.82) is 0 Å². The quantitative estimate of drug-likeness (QED) is 0.643. The van der Waals surface area contributed by atoms with Gasteiger partial charge in [0.25, 0.3) is 15.7 Å². The average Bonchev–Trinajstić information content (AvgIpc) is 2.94. The van der Waals surface area contributed by atoms with Crippen molar-refractivity contribution in [2.45, 2.75) is 17.2 Å². The molecule has 1 atom stereocenters. The maximum Gasteiger partial charge on any atom is 0.300 e. The molecule has 9 nitrogen and oxygen atoms in total. The third-order valence-electron chi connectivity index (χ3n) is 2.57. The molecule has 0 fully saturated rings. The summed E-state index contributed by atoms with van der Waals surface area (Å²) in [6.07, 6.45) is 1.44. The lowest BCUT2D eigenvalue weighted by molar-refractivity contribution is -0.384. The number of hydrogen-bond donors (Lipinski definition) is 1. The van der Waals surface area contributed by atoms with Crippen LogP contribution in [0, 0.1) is 10.1 Å². The van der Waals surface area contributed by atoms with Crippen LogP contribution in [0.3, 0.4) is 0 Å². The van der Waals surface area contributed by atoms with Gasteiger partial charge in [0.2, 0.25) is 0 Å². The minimum absolute atomic E-state index is 0.188. The van der Waals surface area contributed by atoms with Gasteiger partial charge in [-0.05, 0) is 6.92 Å². The van der Waals surface area contributed by atoms with Crippen LogP contribution in [0.15, 0.2) is 16.6 Å². The molecule has 2 rings (SSSR count). The van der Waals surface area contributed by atoms with Crippen LogP contribution in [0.2, 0.25) is 4.34 Å². The topological polar surface area (TPSA) is 120 Å². The molecule has 2 aromatic rings. The van der Waals surface area contributed by atoms with Gasteiger partial charge in [0.15, 0.2) is 4.34 Å². The summed E-state index contributed by atoms with van der Waals surface area (Å²) in [7, 11) is -2.27. The number of hydrogen-bond acceptors (Lipinski definition) is 7. The zero-order chi connectivity index (χ0) is 15.8. The first-order valence-electron chi connectivity index (χ1n) is 5.52. The minimum atomic E-state index is -3.94. The van der Waals surface area contributed by atoms with E-state index >= 15 is 0 Å². The molecule has 0 saturated heterocycles. The summed E-state index contributed by atoms with van der Waals surface area (Å²) < 4.78 is 27.9. The lowest BCUT2D eigenvalue weighted by atomic mass is 10.3. The van der Waals surface area contributed by atoms with Gasteiger partial charge in [-0.25, -0.2) is 8.42 Å². The van der Waals surface area contributed by atoms with E-state index in [2.05, 4.69) is 14.9 Å². The van der Waals surface area contributed by atoms with Gasteiger partial charge in [-0.15, -0.1) is 21.5 Å². The molecule has 1 unspecified atom stereocenters. The molecule has 21 heavy (non-hydrogen) atoms. The van der Waals surface area contributed by atoms with E-state index in [1.165, 1.54) is 6.33 Å². The Bertz CT molecular complexity index is 784. The first kappa shape index (κ1) is 15.8. The van der Waals surface area contributed by atoms with Crippen molar-refractivity contribution in [3.63, 3.8) is 0 Å². The highest BCUT2D eigenvalue weighted by Gasteiger charge is 2.27. The second kappa shape index (κ2) is 5.67. The summed E-state index contributed by atoms with van der Waals surface area (Å²) in [4.78, 5) is 9.97. The number of aryl methyl sites for hydroxylation is 1. The van der Waals surface area contributed by atoms with Crippen LogP contribution in [-0.4, -0.2) is 28.1 Å². The molecule has 0 saturated carbocycles. The number of halogens is 1. The summed E-state index contributed by atoms with van der Waals surface area (Å²) >= 11 is 6.29. The summed E-state index contributed by atoms with van der Waals surface area (Å²) in [6, 6.07) is 0.279. The molecule has 0 aliphatic heterocycles. The molecule has 0 spiro atoms. The van der Waals surface area contributed by atoms with Crippen LogP contribution < -0.4 is 4.72 Å². The first-order chi connectivity index (χ1) is 9.72. The summed E-state index contributed by atoms with van der Waals surface area (Å²) in [5, 5.41) is 18.2. The van der Waals surface area contributed by atoms with Crippen molar-refractivity contribution in [1.82, 2.24) is 19.5 Å². The number of nitrogens with one attached hydrogen (secondary N) is 1. The van der Waals surface area contributed by atoms with Crippen LogP contribution in [0.1, 0.15) is 18.8 Å². The Morgan fingerprint density at radius 1 is 1.57 bits per heavy atom. The maximum absolute atomic E-state index is 12.2. The van der Waals surface area contributed by atoms with Gasteiger partial charge in [-0.1, -0.05) is 11.6 Å². The predicted octanol–water partition coefficient (Wildman–Crippen LogP) is 1.48. The van der Waals surface area contributed by atoms with Crippen LogP contribution in [0.4, 0.5) is 5.69 Å². The van der Waals surface area contributed by atoms with E-state index < -0.39 is 26.7 Å². The van der Waals surface area contributed by atoms with E-state index in [4.69, 9.17) is 11.6 Å². The molecule has 1 N–H and O–H groups in total. The van der Waals surface area contributed by atoms with Gasteiger partial charge in [-0.3, -0.25) is 10.1 Å². The average molecular weight is 352 g/mol. The molecule has 0 radical (unpaired) electrons. The Morgan fingerprint density at radius 2 is 2.24 bits per heavy atom. The van der Waals surface area contributed by atoms with Crippen LogP contribution in [-0.2, 0) is 17.1 Å². The standard InChI is InChI=1S/C9H10ClN5O4S2/c1-5(9-12-11-4-14(9)2)13-21(18,19)7-3-6(15(16)17)8(10)20-7/h3-5,13H,1-2H3. The molecule has 12 heteroatoms. The number of aromatic nitrogens is 3. The number of nitro groups is 1. The molecule has 2 aromatic heterocycles. The van der Waals surface area contributed by atoms with Crippen LogP contribution >= 0.6 is 22.9 Å². The van der Waals surface area contributed by atoms with E-state index in [-0.39, 0.29) is 8.55 Å².